The molecular formula is C12H17Cl2N3O3S. The summed E-state index contributed by atoms with van der Waals surface area (Å²) in [7, 11) is -2.65. The Labute approximate surface area is 134 Å². The van der Waals surface area contributed by atoms with Gasteiger partial charge in [0.05, 0.1) is 22.3 Å². The SMILES string of the molecule is CC(C)NC(=O)CN(C)S(=O)(=O)c1ccc(Cl)c(N)c1Cl. The molecule has 1 aromatic rings. The second-order valence-corrected chi connectivity index (χ2v) is 7.55. The summed E-state index contributed by atoms with van der Waals surface area (Å²) < 4.78 is 25.7. The minimum atomic E-state index is -3.94. The van der Waals surface area contributed by atoms with Crippen molar-refractivity contribution in [2.24, 2.45) is 0 Å². The van der Waals surface area contributed by atoms with Crippen molar-refractivity contribution >= 4 is 44.8 Å². The lowest BCUT2D eigenvalue weighted by molar-refractivity contribution is -0.121. The summed E-state index contributed by atoms with van der Waals surface area (Å²) >= 11 is 11.7. The molecule has 0 unspecified atom stereocenters. The summed E-state index contributed by atoms with van der Waals surface area (Å²) in [5, 5.41) is 2.62. The Balaban J connectivity index is 3.06. The van der Waals surface area contributed by atoms with Crippen LogP contribution in [0.3, 0.4) is 0 Å². The molecule has 9 heteroatoms. The third-order valence-corrected chi connectivity index (χ3v) is 5.29. The number of nitrogens with zero attached hydrogens (tertiary/aromatic N) is 1. The van der Waals surface area contributed by atoms with Crippen LogP contribution in [0, 0.1) is 0 Å². The predicted octanol–water partition coefficient (Wildman–Crippen LogP) is 1.72. The number of sulfonamides is 1. The third-order valence-electron chi connectivity index (χ3n) is 2.60. The number of hydrogen-bond donors (Lipinski definition) is 2. The van der Waals surface area contributed by atoms with Gasteiger partial charge in [0.2, 0.25) is 15.9 Å². The molecule has 1 aromatic carbocycles. The lowest BCUT2D eigenvalue weighted by atomic mass is 10.3. The topological polar surface area (TPSA) is 92.5 Å². The van der Waals surface area contributed by atoms with E-state index in [4.69, 9.17) is 28.9 Å². The van der Waals surface area contributed by atoms with Crippen LogP contribution in [0.1, 0.15) is 13.8 Å². The van der Waals surface area contributed by atoms with Crippen molar-refractivity contribution in [1.29, 1.82) is 0 Å². The number of hydrogen-bond acceptors (Lipinski definition) is 4. The van der Waals surface area contributed by atoms with E-state index in [1.807, 2.05) is 0 Å². The number of carbonyl (C=O) groups is 1. The number of anilines is 1. The van der Waals surface area contributed by atoms with E-state index in [0.29, 0.717) is 0 Å². The van der Waals surface area contributed by atoms with E-state index < -0.39 is 15.9 Å². The number of benzene rings is 1. The minimum absolute atomic E-state index is 0.0144. The van der Waals surface area contributed by atoms with Gasteiger partial charge in [0.25, 0.3) is 0 Å². The first-order valence-corrected chi connectivity index (χ1v) is 8.26. The minimum Gasteiger partial charge on any atom is -0.396 e. The second-order valence-electron chi connectivity index (χ2n) is 4.76. The number of rotatable bonds is 5. The van der Waals surface area contributed by atoms with Gasteiger partial charge in [0.1, 0.15) is 4.90 Å². The van der Waals surface area contributed by atoms with Gasteiger partial charge in [-0.3, -0.25) is 4.79 Å². The highest BCUT2D eigenvalue weighted by Gasteiger charge is 2.27. The van der Waals surface area contributed by atoms with E-state index in [2.05, 4.69) is 5.32 Å². The highest BCUT2D eigenvalue weighted by atomic mass is 35.5. The molecule has 0 atom stereocenters. The van der Waals surface area contributed by atoms with E-state index in [9.17, 15) is 13.2 Å². The van der Waals surface area contributed by atoms with Gasteiger partial charge in [0.15, 0.2) is 0 Å². The molecule has 0 spiro atoms. The molecule has 0 bridgehead atoms. The second kappa shape index (κ2) is 6.83. The Kier molecular flexibility index (Phi) is 5.86. The van der Waals surface area contributed by atoms with Crippen LogP contribution >= 0.6 is 23.2 Å². The lowest BCUT2D eigenvalue weighted by Gasteiger charge is -2.19. The Morgan fingerprint density at radius 1 is 1.38 bits per heavy atom. The monoisotopic (exact) mass is 353 g/mol. The number of likely N-dealkylation sites (N-methyl/N-ethyl adjacent to an activating group) is 1. The van der Waals surface area contributed by atoms with Gasteiger partial charge >= 0.3 is 0 Å². The van der Waals surface area contributed by atoms with Crippen LogP contribution in [-0.2, 0) is 14.8 Å². The Morgan fingerprint density at radius 2 is 1.95 bits per heavy atom. The van der Waals surface area contributed by atoms with Crippen LogP contribution in [0.25, 0.3) is 0 Å². The van der Waals surface area contributed by atoms with E-state index in [0.717, 1.165) is 4.31 Å². The summed E-state index contributed by atoms with van der Waals surface area (Å²) in [5.41, 5.74) is 5.61. The Bertz CT molecular complexity index is 647. The van der Waals surface area contributed by atoms with Crippen molar-refractivity contribution in [2.75, 3.05) is 19.3 Å². The van der Waals surface area contributed by atoms with Crippen LogP contribution in [0.15, 0.2) is 17.0 Å². The predicted molar refractivity (Wildman–Crippen MR) is 84.0 cm³/mol. The fourth-order valence-corrected chi connectivity index (χ4v) is 3.43. The highest BCUT2D eigenvalue weighted by molar-refractivity contribution is 7.89. The van der Waals surface area contributed by atoms with E-state index in [-0.39, 0.29) is 33.2 Å². The zero-order valence-electron chi connectivity index (χ0n) is 11.9. The molecule has 0 aliphatic carbocycles. The van der Waals surface area contributed by atoms with Crippen LogP contribution in [0.5, 0.6) is 0 Å². The largest absolute Gasteiger partial charge is 0.396 e. The van der Waals surface area contributed by atoms with Crippen molar-refractivity contribution < 1.29 is 13.2 Å². The van der Waals surface area contributed by atoms with E-state index in [1.165, 1.54) is 19.2 Å². The van der Waals surface area contributed by atoms with Gasteiger partial charge in [-0.25, -0.2) is 8.42 Å². The molecule has 3 N–H and O–H groups in total. The molecule has 21 heavy (non-hydrogen) atoms. The maximum atomic E-state index is 12.4. The number of carbonyl (C=O) groups excluding carboxylic acids is 1. The van der Waals surface area contributed by atoms with Gasteiger partial charge in [-0.2, -0.15) is 4.31 Å². The smallest absolute Gasteiger partial charge is 0.244 e. The van der Waals surface area contributed by atoms with Gasteiger partial charge < -0.3 is 11.1 Å². The average molecular weight is 354 g/mol. The van der Waals surface area contributed by atoms with Crippen molar-refractivity contribution in [1.82, 2.24) is 9.62 Å². The van der Waals surface area contributed by atoms with Crippen LogP contribution in [0.4, 0.5) is 5.69 Å². The molecular weight excluding hydrogens is 337 g/mol. The number of nitrogens with two attached hydrogens (primary N) is 1. The summed E-state index contributed by atoms with van der Waals surface area (Å²) in [6.45, 7) is 3.24. The molecule has 1 amide bonds. The maximum Gasteiger partial charge on any atom is 0.244 e. The molecule has 6 nitrogen and oxygen atoms in total. The molecule has 118 valence electrons. The Morgan fingerprint density at radius 3 is 2.48 bits per heavy atom. The van der Waals surface area contributed by atoms with Crippen LogP contribution < -0.4 is 11.1 Å². The average Bonchev–Trinajstić information content (AvgIpc) is 2.34. The first-order valence-electron chi connectivity index (χ1n) is 6.06. The van der Waals surface area contributed by atoms with Crippen molar-refractivity contribution in [3.05, 3.63) is 22.2 Å². The molecule has 0 aromatic heterocycles. The molecule has 0 saturated carbocycles. The quantitative estimate of drug-likeness (QED) is 0.788. The summed E-state index contributed by atoms with van der Waals surface area (Å²) in [6.07, 6.45) is 0. The highest BCUT2D eigenvalue weighted by Crippen LogP contribution is 2.34. The number of halogens is 2. The number of nitrogens with one attached hydrogen (secondary N) is 1. The zero-order chi connectivity index (χ0) is 16.4. The third kappa shape index (κ3) is 4.23. The van der Waals surface area contributed by atoms with E-state index in [1.54, 1.807) is 13.8 Å². The molecule has 0 heterocycles. The van der Waals surface area contributed by atoms with Crippen LogP contribution in [0.2, 0.25) is 10.0 Å². The fraction of sp³-hybridized carbons (Fsp3) is 0.417. The lowest BCUT2D eigenvalue weighted by Crippen LogP contribution is -2.40. The zero-order valence-corrected chi connectivity index (χ0v) is 14.2. The number of nitrogen functional groups attached to an aromatic ring is 1. The first kappa shape index (κ1) is 18.0. The summed E-state index contributed by atoms with van der Waals surface area (Å²) in [4.78, 5) is 11.5. The summed E-state index contributed by atoms with van der Waals surface area (Å²) in [5.74, 6) is -0.408. The number of amides is 1. The molecule has 1 rings (SSSR count). The first-order chi connectivity index (χ1) is 9.57. The molecule has 0 aliphatic heterocycles. The van der Waals surface area contributed by atoms with E-state index >= 15 is 0 Å². The molecule has 0 aliphatic rings. The Hall–Kier alpha value is -1.02. The maximum absolute atomic E-state index is 12.4. The normalized spacial score (nSPS) is 12.0. The van der Waals surface area contributed by atoms with Gasteiger partial charge in [0, 0.05) is 13.1 Å². The summed E-state index contributed by atoms with van der Waals surface area (Å²) in [6, 6.07) is 2.52. The van der Waals surface area contributed by atoms with Gasteiger partial charge in [-0.1, -0.05) is 23.2 Å². The fourth-order valence-electron chi connectivity index (χ4n) is 1.57. The van der Waals surface area contributed by atoms with Crippen LogP contribution in [-0.4, -0.2) is 38.3 Å². The van der Waals surface area contributed by atoms with Crippen molar-refractivity contribution in [3.8, 4) is 0 Å². The van der Waals surface area contributed by atoms with Crippen molar-refractivity contribution in [3.63, 3.8) is 0 Å². The molecule has 0 radical (unpaired) electrons. The van der Waals surface area contributed by atoms with Crippen molar-refractivity contribution in [2.45, 2.75) is 24.8 Å². The standard InChI is InChI=1S/C12H17Cl2N3O3S/c1-7(2)16-10(18)6-17(3)21(19,20)9-5-4-8(13)12(15)11(9)14/h4-5,7H,6,15H2,1-3H3,(H,16,18). The molecule has 0 saturated heterocycles. The van der Waals surface area contributed by atoms with Gasteiger partial charge in [-0.15, -0.1) is 0 Å². The van der Waals surface area contributed by atoms with Gasteiger partial charge in [-0.05, 0) is 26.0 Å². The molecule has 0 fully saturated rings.